The molecule has 1 aliphatic rings. The van der Waals surface area contributed by atoms with Crippen molar-refractivity contribution in [3.8, 4) is 11.5 Å². The van der Waals surface area contributed by atoms with Gasteiger partial charge in [-0.3, -0.25) is 14.4 Å². The van der Waals surface area contributed by atoms with Gasteiger partial charge >= 0.3 is 5.97 Å². The van der Waals surface area contributed by atoms with Gasteiger partial charge in [0.2, 0.25) is 0 Å². The molecular weight excluding hydrogens is 426 g/mol. The number of methoxy groups -OCH3 is 2. The third-order valence-electron chi connectivity index (χ3n) is 5.31. The first-order valence-corrected chi connectivity index (χ1v) is 10.3. The van der Waals surface area contributed by atoms with Crippen LogP contribution in [0.2, 0.25) is 0 Å². The largest absolute Gasteiger partial charge is 0.503 e. The molecule has 8 heteroatoms. The van der Waals surface area contributed by atoms with Crippen LogP contribution in [-0.2, 0) is 14.4 Å². The van der Waals surface area contributed by atoms with Crippen LogP contribution in [0.3, 0.4) is 0 Å². The maximum atomic E-state index is 13.1. The van der Waals surface area contributed by atoms with E-state index in [-0.39, 0.29) is 25.0 Å². The summed E-state index contributed by atoms with van der Waals surface area (Å²) < 4.78 is 10.6. The Labute approximate surface area is 191 Å². The summed E-state index contributed by atoms with van der Waals surface area (Å²) >= 11 is 0. The monoisotopic (exact) mass is 451 g/mol. The average Bonchev–Trinajstić information content (AvgIpc) is 3.07. The van der Waals surface area contributed by atoms with Crippen LogP contribution in [0, 0.1) is 0 Å². The quantitative estimate of drug-likeness (QED) is 0.531. The Morgan fingerprint density at radius 1 is 1.06 bits per heavy atom. The maximum absolute atomic E-state index is 13.1. The van der Waals surface area contributed by atoms with Gasteiger partial charge in [-0.05, 0) is 35.8 Å². The summed E-state index contributed by atoms with van der Waals surface area (Å²) in [6.45, 7) is 0.0490. The number of ether oxygens (including phenoxy) is 2. The van der Waals surface area contributed by atoms with Gasteiger partial charge in [-0.15, -0.1) is 0 Å². The van der Waals surface area contributed by atoms with Gasteiger partial charge in [0.05, 0.1) is 25.8 Å². The van der Waals surface area contributed by atoms with Crippen molar-refractivity contribution < 1.29 is 34.1 Å². The van der Waals surface area contributed by atoms with E-state index in [1.165, 1.54) is 25.2 Å². The number of aliphatic hydroxyl groups is 1. The molecule has 2 aromatic carbocycles. The van der Waals surface area contributed by atoms with Crippen LogP contribution < -0.4 is 9.47 Å². The number of carboxylic acid groups (broad SMARTS) is 1. The number of rotatable bonds is 10. The van der Waals surface area contributed by atoms with Crippen molar-refractivity contribution in [1.29, 1.82) is 0 Å². The highest BCUT2D eigenvalue weighted by Crippen LogP contribution is 2.41. The van der Waals surface area contributed by atoms with E-state index in [1.807, 2.05) is 30.3 Å². The summed E-state index contributed by atoms with van der Waals surface area (Å²) in [4.78, 5) is 38.3. The van der Waals surface area contributed by atoms with Crippen LogP contribution in [0.4, 0.5) is 0 Å². The number of amides is 1. The van der Waals surface area contributed by atoms with Crippen molar-refractivity contribution >= 4 is 23.7 Å². The number of benzene rings is 2. The SMILES string of the molecule is COc1ccc(C2C(C(=O)C=Cc3ccccc3)=C(O)C(=O)N2CCCC(=O)O)cc1OC. The lowest BCUT2D eigenvalue weighted by Gasteiger charge is -2.27. The second-order valence-electron chi connectivity index (χ2n) is 7.38. The van der Waals surface area contributed by atoms with Gasteiger partial charge in [-0.1, -0.05) is 42.5 Å². The minimum Gasteiger partial charge on any atom is -0.503 e. The van der Waals surface area contributed by atoms with E-state index in [1.54, 1.807) is 24.3 Å². The minimum atomic E-state index is -0.997. The third-order valence-corrected chi connectivity index (χ3v) is 5.31. The lowest BCUT2D eigenvalue weighted by atomic mass is 9.95. The predicted octanol–water partition coefficient (Wildman–Crippen LogP) is 3.55. The van der Waals surface area contributed by atoms with Crippen molar-refractivity contribution in [2.24, 2.45) is 0 Å². The molecule has 0 saturated carbocycles. The Balaban J connectivity index is 2.01. The topological polar surface area (TPSA) is 113 Å². The van der Waals surface area contributed by atoms with Crippen molar-refractivity contribution in [2.45, 2.75) is 18.9 Å². The Morgan fingerprint density at radius 3 is 2.39 bits per heavy atom. The van der Waals surface area contributed by atoms with Crippen LogP contribution in [0.25, 0.3) is 6.08 Å². The normalized spacial score (nSPS) is 15.9. The van der Waals surface area contributed by atoms with E-state index in [2.05, 4.69) is 0 Å². The summed E-state index contributed by atoms with van der Waals surface area (Å²) in [7, 11) is 2.96. The molecular formula is C25H25NO7. The zero-order valence-corrected chi connectivity index (χ0v) is 18.4. The first-order chi connectivity index (χ1) is 15.9. The molecule has 0 bridgehead atoms. The number of carboxylic acids is 1. The van der Waals surface area contributed by atoms with E-state index in [0.717, 1.165) is 5.56 Å². The highest BCUT2D eigenvalue weighted by molar-refractivity contribution is 6.14. The van der Waals surface area contributed by atoms with Gasteiger partial charge in [0, 0.05) is 13.0 Å². The fourth-order valence-electron chi connectivity index (χ4n) is 3.73. The number of carbonyl (C=O) groups is 3. The van der Waals surface area contributed by atoms with Crippen LogP contribution in [-0.4, -0.2) is 53.5 Å². The Hall–Kier alpha value is -4.07. The molecule has 2 aromatic rings. The maximum Gasteiger partial charge on any atom is 0.303 e. The number of aliphatic hydroxyl groups excluding tert-OH is 1. The predicted molar refractivity (Wildman–Crippen MR) is 121 cm³/mol. The van der Waals surface area contributed by atoms with Crippen molar-refractivity contribution in [2.75, 3.05) is 20.8 Å². The summed E-state index contributed by atoms with van der Waals surface area (Å²) in [5.41, 5.74) is 1.24. The molecule has 3 rings (SSSR count). The molecule has 0 aliphatic carbocycles. The summed E-state index contributed by atoms with van der Waals surface area (Å²) in [6.07, 6.45) is 2.92. The standard InChI is InChI=1S/C25H25NO7/c1-32-19-13-11-17(15-20(19)33-2)23-22(18(27)12-10-16-7-4-3-5-8-16)24(30)25(31)26(23)14-6-9-21(28)29/h3-5,7-8,10-13,15,23,30H,6,9,14H2,1-2H3,(H,28,29). The zero-order valence-electron chi connectivity index (χ0n) is 18.4. The van der Waals surface area contributed by atoms with E-state index >= 15 is 0 Å². The molecule has 0 saturated heterocycles. The Kier molecular flexibility index (Phi) is 7.50. The van der Waals surface area contributed by atoms with E-state index in [0.29, 0.717) is 17.1 Å². The lowest BCUT2D eigenvalue weighted by Crippen LogP contribution is -2.32. The number of ketones is 1. The number of aliphatic carboxylic acids is 1. The zero-order chi connectivity index (χ0) is 24.0. The number of carbonyl (C=O) groups excluding carboxylic acids is 2. The summed E-state index contributed by atoms with van der Waals surface area (Å²) in [5.74, 6) is -2.03. The van der Waals surface area contributed by atoms with Crippen molar-refractivity contribution in [1.82, 2.24) is 4.90 Å². The number of hydrogen-bond acceptors (Lipinski definition) is 6. The highest BCUT2D eigenvalue weighted by atomic mass is 16.5. The molecule has 1 atom stereocenters. The number of hydrogen-bond donors (Lipinski definition) is 2. The smallest absolute Gasteiger partial charge is 0.303 e. The van der Waals surface area contributed by atoms with E-state index < -0.39 is 29.5 Å². The molecule has 1 unspecified atom stereocenters. The molecule has 2 N–H and O–H groups in total. The van der Waals surface area contributed by atoms with Crippen molar-refractivity contribution in [3.05, 3.63) is 77.1 Å². The molecule has 8 nitrogen and oxygen atoms in total. The van der Waals surface area contributed by atoms with Gasteiger partial charge in [-0.25, -0.2) is 0 Å². The minimum absolute atomic E-state index is 0.0490. The fraction of sp³-hybridized carbons (Fsp3) is 0.240. The molecule has 0 aromatic heterocycles. The molecule has 1 heterocycles. The van der Waals surface area contributed by atoms with Gasteiger partial charge < -0.3 is 24.6 Å². The second-order valence-corrected chi connectivity index (χ2v) is 7.38. The number of nitrogens with zero attached hydrogens (tertiary/aromatic N) is 1. The van der Waals surface area contributed by atoms with E-state index in [4.69, 9.17) is 14.6 Å². The summed E-state index contributed by atoms with van der Waals surface area (Å²) in [5, 5.41) is 19.6. The first-order valence-electron chi connectivity index (χ1n) is 10.3. The average molecular weight is 451 g/mol. The fourth-order valence-corrected chi connectivity index (χ4v) is 3.73. The Morgan fingerprint density at radius 2 is 1.76 bits per heavy atom. The van der Waals surface area contributed by atoms with Crippen LogP contribution in [0.5, 0.6) is 11.5 Å². The van der Waals surface area contributed by atoms with Gasteiger partial charge in [0.25, 0.3) is 5.91 Å². The van der Waals surface area contributed by atoms with E-state index in [9.17, 15) is 19.5 Å². The summed E-state index contributed by atoms with van der Waals surface area (Å²) in [6, 6.07) is 13.2. The van der Waals surface area contributed by atoms with Gasteiger partial charge in [0.15, 0.2) is 23.0 Å². The van der Waals surface area contributed by atoms with Crippen LogP contribution >= 0.6 is 0 Å². The molecule has 33 heavy (non-hydrogen) atoms. The second kappa shape index (κ2) is 10.5. The van der Waals surface area contributed by atoms with Crippen LogP contribution in [0.1, 0.15) is 30.0 Å². The Bertz CT molecular complexity index is 1100. The number of allylic oxidation sites excluding steroid dienone is 1. The van der Waals surface area contributed by atoms with Crippen molar-refractivity contribution in [3.63, 3.8) is 0 Å². The first kappa shape index (κ1) is 23.6. The lowest BCUT2D eigenvalue weighted by molar-refractivity contribution is -0.138. The molecule has 1 aliphatic heterocycles. The molecule has 0 radical (unpaired) electrons. The van der Waals surface area contributed by atoms with Crippen LogP contribution in [0.15, 0.2) is 65.9 Å². The highest BCUT2D eigenvalue weighted by Gasteiger charge is 2.42. The molecule has 0 spiro atoms. The molecule has 0 fully saturated rings. The molecule has 1 amide bonds. The molecule has 172 valence electrons. The van der Waals surface area contributed by atoms with Gasteiger partial charge in [0.1, 0.15) is 0 Å². The third kappa shape index (κ3) is 5.23. The van der Waals surface area contributed by atoms with Gasteiger partial charge in [-0.2, -0.15) is 0 Å².